The van der Waals surface area contributed by atoms with Crippen LogP contribution in [0.4, 0.5) is 5.95 Å². The van der Waals surface area contributed by atoms with Crippen molar-refractivity contribution >= 4 is 11.9 Å². The molecule has 1 aliphatic rings. The summed E-state index contributed by atoms with van der Waals surface area (Å²) >= 11 is 0. The summed E-state index contributed by atoms with van der Waals surface area (Å²) in [6, 6.07) is 19.8. The van der Waals surface area contributed by atoms with E-state index < -0.39 is 0 Å². The summed E-state index contributed by atoms with van der Waals surface area (Å²) in [5, 5.41) is 0. The molecule has 0 radical (unpaired) electrons. The molecular formula is C21H20N4O. The Morgan fingerprint density at radius 1 is 1.00 bits per heavy atom. The third kappa shape index (κ3) is 3.16. The van der Waals surface area contributed by atoms with Crippen LogP contribution in [-0.2, 0) is 17.8 Å². The van der Waals surface area contributed by atoms with Gasteiger partial charge < -0.3 is 10.6 Å². The molecule has 0 aliphatic carbocycles. The van der Waals surface area contributed by atoms with E-state index in [-0.39, 0.29) is 17.8 Å². The highest BCUT2D eigenvalue weighted by molar-refractivity contribution is 5.87. The molecule has 130 valence electrons. The van der Waals surface area contributed by atoms with E-state index in [1.165, 1.54) is 0 Å². The van der Waals surface area contributed by atoms with Crippen LogP contribution in [-0.4, -0.2) is 27.3 Å². The number of nitrogen functional groups attached to an aromatic ring is 1. The molecule has 0 atom stereocenters. The first-order valence-corrected chi connectivity index (χ1v) is 8.71. The van der Waals surface area contributed by atoms with Gasteiger partial charge in [0.25, 0.3) is 0 Å². The van der Waals surface area contributed by atoms with Gasteiger partial charge in [-0.2, -0.15) is 0 Å². The van der Waals surface area contributed by atoms with Crippen LogP contribution in [0.15, 0.2) is 66.9 Å². The predicted octanol–water partition coefficient (Wildman–Crippen LogP) is 2.78. The van der Waals surface area contributed by atoms with Crippen molar-refractivity contribution in [2.24, 2.45) is 0 Å². The molecule has 5 heteroatoms. The molecule has 4 rings (SSSR count). The van der Waals surface area contributed by atoms with Gasteiger partial charge in [-0.05, 0) is 23.1 Å². The van der Waals surface area contributed by atoms with Crippen LogP contribution in [0.25, 0.3) is 0 Å². The number of carbonyl (C=O) groups excluding carboxylic acids is 1. The molecule has 1 aromatic heterocycles. The van der Waals surface area contributed by atoms with Crippen molar-refractivity contribution in [3.63, 3.8) is 0 Å². The summed E-state index contributed by atoms with van der Waals surface area (Å²) in [7, 11) is 0. The summed E-state index contributed by atoms with van der Waals surface area (Å²) in [5.74, 6) is 0.0177. The maximum Gasteiger partial charge on any atom is 0.234 e. The van der Waals surface area contributed by atoms with Crippen LogP contribution in [0.2, 0.25) is 0 Å². The van der Waals surface area contributed by atoms with Gasteiger partial charge in [-0.25, -0.2) is 9.97 Å². The second kappa shape index (κ2) is 6.96. The summed E-state index contributed by atoms with van der Waals surface area (Å²) in [6.45, 7) is 1.13. The minimum absolute atomic E-state index is 0.0882. The third-order valence-electron chi connectivity index (χ3n) is 4.79. The van der Waals surface area contributed by atoms with Gasteiger partial charge in [-0.3, -0.25) is 4.79 Å². The van der Waals surface area contributed by atoms with Crippen LogP contribution in [0.1, 0.15) is 28.3 Å². The number of fused-ring (bicyclic) bond motifs is 1. The summed E-state index contributed by atoms with van der Waals surface area (Å²) in [4.78, 5) is 23.7. The highest BCUT2D eigenvalue weighted by atomic mass is 16.2. The first kappa shape index (κ1) is 16.3. The monoisotopic (exact) mass is 344 g/mol. The largest absolute Gasteiger partial charge is 0.368 e. The zero-order chi connectivity index (χ0) is 17.9. The number of hydrogen-bond donors (Lipinski definition) is 1. The van der Waals surface area contributed by atoms with E-state index in [1.807, 2.05) is 65.6 Å². The number of aromatic nitrogens is 2. The number of nitrogens with two attached hydrogens (primary N) is 1. The quantitative estimate of drug-likeness (QED) is 0.793. The molecule has 3 aromatic rings. The Morgan fingerprint density at radius 2 is 1.62 bits per heavy atom. The number of anilines is 1. The topological polar surface area (TPSA) is 72.1 Å². The lowest BCUT2D eigenvalue weighted by Crippen LogP contribution is -2.40. The molecule has 0 saturated carbocycles. The molecule has 2 aromatic carbocycles. The number of carbonyl (C=O) groups is 1. The minimum Gasteiger partial charge on any atom is -0.368 e. The van der Waals surface area contributed by atoms with Gasteiger partial charge in [0.1, 0.15) is 0 Å². The lowest BCUT2D eigenvalue weighted by molar-refractivity contribution is -0.132. The highest BCUT2D eigenvalue weighted by Crippen LogP contribution is 2.29. The van der Waals surface area contributed by atoms with E-state index in [1.54, 1.807) is 6.20 Å². The van der Waals surface area contributed by atoms with E-state index >= 15 is 0 Å². The maximum absolute atomic E-state index is 13.4. The first-order valence-electron chi connectivity index (χ1n) is 8.71. The Hall–Kier alpha value is -3.21. The van der Waals surface area contributed by atoms with Crippen molar-refractivity contribution in [1.82, 2.24) is 14.9 Å². The standard InChI is InChI=1S/C21H20N4O/c22-21-23-13-17-11-12-25(14-18(17)24-21)20(26)19(15-7-3-1-4-8-15)16-9-5-2-6-10-16/h1-10,13,19H,11-12,14H2,(H2,22,23,24). The second-order valence-corrected chi connectivity index (χ2v) is 6.46. The molecule has 5 nitrogen and oxygen atoms in total. The Morgan fingerprint density at radius 3 is 2.23 bits per heavy atom. The second-order valence-electron chi connectivity index (χ2n) is 6.46. The van der Waals surface area contributed by atoms with Gasteiger partial charge >= 0.3 is 0 Å². The highest BCUT2D eigenvalue weighted by Gasteiger charge is 2.30. The fourth-order valence-electron chi connectivity index (χ4n) is 3.46. The van der Waals surface area contributed by atoms with Gasteiger partial charge in [0.05, 0.1) is 18.2 Å². The Bertz CT molecular complexity index is 872. The smallest absolute Gasteiger partial charge is 0.234 e. The molecule has 2 heterocycles. The summed E-state index contributed by atoms with van der Waals surface area (Å²) in [6.07, 6.45) is 2.52. The fraction of sp³-hybridized carbons (Fsp3) is 0.190. The Balaban J connectivity index is 1.67. The predicted molar refractivity (Wildman–Crippen MR) is 100 cm³/mol. The number of hydrogen-bond acceptors (Lipinski definition) is 4. The average molecular weight is 344 g/mol. The summed E-state index contributed by atoms with van der Waals surface area (Å²) < 4.78 is 0. The number of amides is 1. The van der Waals surface area contributed by atoms with Gasteiger partial charge in [-0.15, -0.1) is 0 Å². The van der Waals surface area contributed by atoms with Gasteiger partial charge in [0, 0.05) is 12.7 Å². The maximum atomic E-state index is 13.4. The van der Waals surface area contributed by atoms with Crippen molar-refractivity contribution in [2.75, 3.05) is 12.3 Å². The number of benzene rings is 2. The molecule has 0 saturated heterocycles. The Kier molecular flexibility index (Phi) is 4.35. The van der Waals surface area contributed by atoms with Crippen LogP contribution < -0.4 is 5.73 Å². The zero-order valence-electron chi connectivity index (χ0n) is 14.4. The van der Waals surface area contributed by atoms with E-state index in [4.69, 9.17) is 5.73 Å². The summed E-state index contributed by atoms with van der Waals surface area (Å²) in [5.41, 5.74) is 9.63. The van der Waals surface area contributed by atoms with Crippen molar-refractivity contribution in [3.8, 4) is 0 Å². The first-order chi connectivity index (χ1) is 12.7. The molecule has 1 aliphatic heterocycles. The van der Waals surface area contributed by atoms with Crippen LogP contribution in [0.5, 0.6) is 0 Å². The lowest BCUT2D eigenvalue weighted by Gasteiger charge is -2.31. The van der Waals surface area contributed by atoms with Crippen molar-refractivity contribution in [3.05, 3.63) is 89.2 Å². The van der Waals surface area contributed by atoms with E-state index in [9.17, 15) is 4.79 Å². The van der Waals surface area contributed by atoms with Gasteiger partial charge in [0.15, 0.2) is 0 Å². The fourth-order valence-corrected chi connectivity index (χ4v) is 3.46. The molecule has 2 N–H and O–H groups in total. The number of rotatable bonds is 3. The van der Waals surface area contributed by atoms with E-state index in [2.05, 4.69) is 9.97 Å². The van der Waals surface area contributed by atoms with E-state index in [0.717, 1.165) is 28.8 Å². The minimum atomic E-state index is -0.321. The molecule has 1 amide bonds. The molecule has 0 unspecified atom stereocenters. The normalized spacial score (nSPS) is 13.5. The van der Waals surface area contributed by atoms with Crippen molar-refractivity contribution < 1.29 is 4.79 Å². The van der Waals surface area contributed by atoms with Crippen LogP contribution in [0, 0.1) is 0 Å². The lowest BCUT2D eigenvalue weighted by atomic mass is 9.89. The van der Waals surface area contributed by atoms with Gasteiger partial charge in [0.2, 0.25) is 11.9 Å². The molecule has 0 fully saturated rings. The van der Waals surface area contributed by atoms with E-state index in [0.29, 0.717) is 13.1 Å². The van der Waals surface area contributed by atoms with Crippen molar-refractivity contribution in [1.29, 1.82) is 0 Å². The average Bonchev–Trinajstić information content (AvgIpc) is 2.69. The molecule has 26 heavy (non-hydrogen) atoms. The molecule has 0 spiro atoms. The van der Waals surface area contributed by atoms with Crippen LogP contribution in [0.3, 0.4) is 0 Å². The zero-order valence-corrected chi connectivity index (χ0v) is 14.4. The van der Waals surface area contributed by atoms with Crippen LogP contribution >= 0.6 is 0 Å². The molecular weight excluding hydrogens is 324 g/mol. The Labute approximate surface area is 152 Å². The third-order valence-corrected chi connectivity index (χ3v) is 4.79. The van der Waals surface area contributed by atoms with Gasteiger partial charge in [-0.1, -0.05) is 60.7 Å². The molecule has 0 bridgehead atoms. The van der Waals surface area contributed by atoms with Crippen molar-refractivity contribution in [2.45, 2.75) is 18.9 Å². The number of nitrogens with zero attached hydrogens (tertiary/aromatic N) is 3. The SMILES string of the molecule is Nc1ncc2c(n1)CN(C(=O)C(c1ccccc1)c1ccccc1)CC2.